The van der Waals surface area contributed by atoms with Crippen LogP contribution in [0.1, 0.15) is 10.4 Å². The lowest BCUT2D eigenvalue weighted by Crippen LogP contribution is -2.35. The van der Waals surface area contributed by atoms with E-state index in [0.717, 1.165) is 0 Å². The van der Waals surface area contributed by atoms with Crippen molar-refractivity contribution in [2.24, 2.45) is 0 Å². The van der Waals surface area contributed by atoms with Crippen LogP contribution in [0.15, 0.2) is 18.3 Å². The first-order valence-corrected chi connectivity index (χ1v) is 5.31. The number of amides is 1. The van der Waals surface area contributed by atoms with Crippen LogP contribution in [-0.4, -0.2) is 48.8 Å². The first-order chi connectivity index (χ1) is 8.74. The first kappa shape index (κ1) is 15.2. The molecule has 0 atom stereocenters. The molecule has 0 radical (unpaired) electrons. The maximum Gasteiger partial charge on any atom is 0.324 e. The maximum atomic E-state index is 12.6. The molecular weight excluding hydrogens is 266 g/mol. The zero-order chi connectivity index (χ0) is 14.6. The number of aromatic nitrogens is 1. The molecule has 106 valence electrons. The Morgan fingerprint density at radius 1 is 1.42 bits per heavy atom. The van der Waals surface area contributed by atoms with E-state index < -0.39 is 18.9 Å². The minimum Gasteiger partial charge on any atom is -0.364 e. The van der Waals surface area contributed by atoms with Gasteiger partial charge in [-0.1, -0.05) is 0 Å². The van der Waals surface area contributed by atoms with E-state index in [2.05, 4.69) is 10.3 Å². The minimum atomic E-state index is -4.13. The van der Waals surface area contributed by atoms with Gasteiger partial charge in [0.15, 0.2) is 0 Å². The fourth-order valence-corrected chi connectivity index (χ4v) is 1.17. The smallest absolute Gasteiger partial charge is 0.324 e. The van der Waals surface area contributed by atoms with Gasteiger partial charge in [-0.05, 0) is 12.1 Å². The monoisotopic (exact) mass is 279 g/mol. The Kier molecular flexibility index (Phi) is 4.68. The number of halogens is 4. The molecule has 0 saturated carbocycles. The predicted octanol–water partition coefficient (Wildman–Crippen LogP) is 2.10. The summed E-state index contributed by atoms with van der Waals surface area (Å²) in [7, 11) is 3.11. The number of hydrogen-bond donors (Lipinski definition) is 1. The maximum absolute atomic E-state index is 12.6. The predicted molar refractivity (Wildman–Crippen MR) is 61.7 cm³/mol. The van der Waals surface area contributed by atoms with Crippen molar-refractivity contribution in [2.45, 2.75) is 12.3 Å². The van der Waals surface area contributed by atoms with Crippen molar-refractivity contribution in [3.8, 4) is 0 Å². The lowest BCUT2D eigenvalue weighted by Gasteiger charge is -2.16. The number of carbonyl (C=O) groups excluding carboxylic acids is 1. The van der Waals surface area contributed by atoms with Crippen LogP contribution in [0.4, 0.5) is 23.4 Å². The fourth-order valence-electron chi connectivity index (χ4n) is 1.17. The molecule has 1 heterocycles. The third-order valence-electron chi connectivity index (χ3n) is 2.24. The number of carbonyl (C=O) groups is 1. The van der Waals surface area contributed by atoms with Gasteiger partial charge in [0.2, 0.25) is 0 Å². The first-order valence-electron chi connectivity index (χ1n) is 5.31. The molecule has 0 unspecified atom stereocenters. The molecule has 0 spiro atoms. The number of nitrogens with one attached hydrogen (secondary N) is 1. The van der Waals surface area contributed by atoms with Crippen molar-refractivity contribution >= 4 is 11.7 Å². The van der Waals surface area contributed by atoms with Gasteiger partial charge in [-0.2, -0.15) is 8.78 Å². The molecule has 0 bridgehead atoms. The molecule has 8 heteroatoms. The third kappa shape index (κ3) is 4.08. The molecule has 0 aromatic carbocycles. The van der Waals surface area contributed by atoms with E-state index in [1.54, 1.807) is 14.1 Å². The zero-order valence-electron chi connectivity index (χ0n) is 10.3. The molecule has 0 aliphatic rings. The summed E-state index contributed by atoms with van der Waals surface area (Å²) in [5.74, 6) is -4.42. The molecule has 19 heavy (non-hydrogen) atoms. The number of pyridine rings is 1. The number of nitrogens with zero attached hydrogens (tertiary/aromatic N) is 2. The molecule has 0 aliphatic heterocycles. The second-order valence-electron chi connectivity index (χ2n) is 4.05. The van der Waals surface area contributed by atoms with E-state index in [-0.39, 0.29) is 17.3 Å². The highest BCUT2D eigenvalue weighted by Crippen LogP contribution is 2.22. The largest absolute Gasteiger partial charge is 0.364 e. The fraction of sp³-hybridized carbons (Fsp3) is 0.455. The van der Waals surface area contributed by atoms with E-state index in [9.17, 15) is 22.4 Å². The lowest BCUT2D eigenvalue weighted by atomic mass is 10.2. The summed E-state index contributed by atoms with van der Waals surface area (Å²) in [6.45, 7) is -1.22. The van der Waals surface area contributed by atoms with Gasteiger partial charge >= 0.3 is 12.3 Å². The quantitative estimate of drug-likeness (QED) is 0.839. The Hall–Kier alpha value is -1.86. The molecular formula is C11H13F4N3O. The molecule has 1 N–H and O–H groups in total. The van der Waals surface area contributed by atoms with Gasteiger partial charge < -0.3 is 10.2 Å². The Bertz CT molecular complexity index is 434. The van der Waals surface area contributed by atoms with Gasteiger partial charge in [0.1, 0.15) is 5.82 Å². The summed E-state index contributed by atoms with van der Waals surface area (Å²) in [5, 5.41) is 2.10. The Morgan fingerprint density at radius 2 is 2.05 bits per heavy atom. The molecule has 1 rings (SSSR count). The van der Waals surface area contributed by atoms with E-state index in [1.165, 1.54) is 23.2 Å². The minimum absolute atomic E-state index is 0.00405. The summed E-state index contributed by atoms with van der Waals surface area (Å²) in [5.41, 5.74) is 0.274. The van der Waals surface area contributed by atoms with E-state index in [1.807, 2.05) is 0 Å². The summed E-state index contributed by atoms with van der Waals surface area (Å²) in [6.07, 6.45) is -2.56. The van der Waals surface area contributed by atoms with Crippen LogP contribution in [0.2, 0.25) is 0 Å². The summed E-state index contributed by atoms with van der Waals surface area (Å²) >= 11 is 0. The van der Waals surface area contributed by atoms with Gasteiger partial charge in [-0.15, -0.1) is 0 Å². The molecule has 0 fully saturated rings. The van der Waals surface area contributed by atoms with Crippen molar-refractivity contribution in [3.05, 3.63) is 23.9 Å². The molecule has 1 aromatic heterocycles. The highest BCUT2D eigenvalue weighted by molar-refractivity contribution is 5.93. The van der Waals surface area contributed by atoms with Crippen LogP contribution >= 0.6 is 0 Å². The molecule has 0 saturated heterocycles. The number of rotatable bonds is 5. The van der Waals surface area contributed by atoms with Gasteiger partial charge in [0.05, 0.1) is 12.1 Å². The average Bonchev–Trinajstić information content (AvgIpc) is 2.36. The number of anilines is 1. The average molecular weight is 279 g/mol. The summed E-state index contributed by atoms with van der Waals surface area (Å²) in [4.78, 5) is 16.5. The third-order valence-corrected chi connectivity index (χ3v) is 2.24. The molecule has 1 aromatic rings. The normalized spacial score (nSPS) is 11.5. The van der Waals surface area contributed by atoms with Gasteiger partial charge in [0, 0.05) is 20.3 Å². The number of alkyl halides is 4. The van der Waals surface area contributed by atoms with Crippen LogP contribution in [-0.2, 0) is 0 Å². The number of hydrogen-bond acceptors (Lipinski definition) is 3. The van der Waals surface area contributed by atoms with E-state index in [4.69, 9.17) is 0 Å². The van der Waals surface area contributed by atoms with Crippen molar-refractivity contribution in [1.29, 1.82) is 0 Å². The highest BCUT2D eigenvalue weighted by atomic mass is 19.3. The van der Waals surface area contributed by atoms with Crippen LogP contribution in [0, 0.1) is 0 Å². The molecule has 0 aliphatic carbocycles. The zero-order valence-corrected chi connectivity index (χ0v) is 10.3. The Morgan fingerprint density at radius 3 is 2.47 bits per heavy atom. The van der Waals surface area contributed by atoms with Gasteiger partial charge in [-0.3, -0.25) is 4.79 Å². The highest BCUT2D eigenvalue weighted by Gasteiger charge is 2.40. The summed E-state index contributed by atoms with van der Waals surface area (Å²) < 4.78 is 49.1. The SMILES string of the molecule is CN(C)C(=O)c1ccc(NCC(F)(F)C(F)F)nc1. The standard InChI is InChI=1S/C11H13F4N3O/c1-18(2)9(19)7-3-4-8(16-5-7)17-6-11(14,15)10(12)13/h3-5,10H,6H2,1-2H3,(H,16,17). The Balaban J connectivity index is 2.66. The van der Waals surface area contributed by atoms with Crippen LogP contribution < -0.4 is 5.32 Å². The van der Waals surface area contributed by atoms with Gasteiger partial charge in [0.25, 0.3) is 5.91 Å². The van der Waals surface area contributed by atoms with Crippen molar-refractivity contribution in [1.82, 2.24) is 9.88 Å². The Labute approximate surface area is 107 Å². The van der Waals surface area contributed by atoms with E-state index in [0.29, 0.717) is 0 Å². The van der Waals surface area contributed by atoms with Gasteiger partial charge in [-0.25, -0.2) is 13.8 Å². The lowest BCUT2D eigenvalue weighted by molar-refractivity contribution is -0.117. The van der Waals surface area contributed by atoms with Crippen molar-refractivity contribution < 1.29 is 22.4 Å². The van der Waals surface area contributed by atoms with Crippen LogP contribution in [0.25, 0.3) is 0 Å². The topological polar surface area (TPSA) is 45.2 Å². The van der Waals surface area contributed by atoms with E-state index >= 15 is 0 Å². The van der Waals surface area contributed by atoms with Crippen molar-refractivity contribution in [2.75, 3.05) is 26.0 Å². The van der Waals surface area contributed by atoms with Crippen LogP contribution in [0.5, 0.6) is 0 Å². The van der Waals surface area contributed by atoms with Crippen LogP contribution in [0.3, 0.4) is 0 Å². The second-order valence-corrected chi connectivity index (χ2v) is 4.05. The second kappa shape index (κ2) is 5.85. The molecule has 4 nitrogen and oxygen atoms in total. The summed E-state index contributed by atoms with van der Waals surface area (Å²) in [6, 6.07) is 2.65. The molecule has 1 amide bonds. The van der Waals surface area contributed by atoms with Crippen molar-refractivity contribution in [3.63, 3.8) is 0 Å².